The predicted octanol–water partition coefficient (Wildman–Crippen LogP) is 1.24. The quantitative estimate of drug-likeness (QED) is 0.887. The molecule has 1 aromatic rings. The summed E-state index contributed by atoms with van der Waals surface area (Å²) in [7, 11) is 0. The van der Waals surface area contributed by atoms with Gasteiger partial charge in [0.25, 0.3) is 5.91 Å². The molecule has 1 fully saturated rings. The average Bonchev–Trinajstić information content (AvgIpc) is 2.93. The molecule has 104 valence electrons. The number of pyridine rings is 1. The average molecular weight is 263 g/mol. The highest BCUT2D eigenvalue weighted by molar-refractivity contribution is 5.81. The topological polar surface area (TPSA) is 68.5 Å². The second-order valence-corrected chi connectivity index (χ2v) is 4.89. The number of ether oxygens (including phenoxy) is 1. The smallest absolute Gasteiger partial charge is 0.263 e. The highest BCUT2D eigenvalue weighted by atomic mass is 16.5. The fourth-order valence-corrected chi connectivity index (χ4v) is 2.29. The molecule has 0 radical (unpaired) electrons. The van der Waals surface area contributed by atoms with Gasteiger partial charge in [0.05, 0.1) is 5.69 Å². The normalized spacial score (nSPS) is 16.5. The molecule has 0 aromatic carbocycles. The van der Waals surface area contributed by atoms with E-state index in [1.165, 1.54) is 0 Å². The van der Waals surface area contributed by atoms with Crippen LogP contribution in [0.25, 0.3) is 0 Å². The lowest BCUT2D eigenvalue weighted by Crippen LogP contribution is -2.38. The largest absolute Gasteiger partial charge is 0.479 e. The van der Waals surface area contributed by atoms with Gasteiger partial charge in [-0.2, -0.15) is 0 Å². The molecule has 1 aromatic heterocycles. The third-order valence-electron chi connectivity index (χ3n) is 3.33. The van der Waals surface area contributed by atoms with E-state index >= 15 is 0 Å². The maximum absolute atomic E-state index is 12.2. The number of nitrogens with zero attached hydrogens (tertiary/aromatic N) is 2. The van der Waals surface area contributed by atoms with Crippen molar-refractivity contribution in [2.75, 3.05) is 13.1 Å². The van der Waals surface area contributed by atoms with Crippen LogP contribution in [0.2, 0.25) is 0 Å². The molecule has 1 atom stereocenters. The lowest BCUT2D eigenvalue weighted by atomic mass is 10.2. The molecule has 1 aliphatic heterocycles. The van der Waals surface area contributed by atoms with E-state index in [1.807, 2.05) is 24.0 Å². The number of hydrogen-bond acceptors (Lipinski definition) is 4. The van der Waals surface area contributed by atoms with E-state index in [1.54, 1.807) is 6.92 Å². The van der Waals surface area contributed by atoms with Gasteiger partial charge in [0.1, 0.15) is 5.75 Å². The number of aromatic nitrogens is 1. The first kappa shape index (κ1) is 13.8. The summed E-state index contributed by atoms with van der Waals surface area (Å²) >= 11 is 0. The predicted molar refractivity (Wildman–Crippen MR) is 72.8 cm³/mol. The van der Waals surface area contributed by atoms with Crippen molar-refractivity contribution >= 4 is 5.91 Å². The molecule has 1 saturated heterocycles. The molecule has 1 amide bonds. The number of likely N-dealkylation sites (tertiary alicyclic amines) is 1. The Morgan fingerprint density at radius 1 is 1.47 bits per heavy atom. The van der Waals surface area contributed by atoms with Gasteiger partial charge in [0, 0.05) is 25.3 Å². The molecular weight excluding hydrogens is 242 g/mol. The Hall–Kier alpha value is -1.62. The molecule has 0 saturated carbocycles. The number of amides is 1. The van der Waals surface area contributed by atoms with Gasteiger partial charge in [-0.05, 0) is 38.8 Å². The maximum atomic E-state index is 12.2. The van der Waals surface area contributed by atoms with Gasteiger partial charge in [0.2, 0.25) is 0 Å². The van der Waals surface area contributed by atoms with Gasteiger partial charge in [-0.1, -0.05) is 0 Å². The van der Waals surface area contributed by atoms with Gasteiger partial charge >= 0.3 is 0 Å². The summed E-state index contributed by atoms with van der Waals surface area (Å²) < 4.78 is 5.73. The Bertz CT molecular complexity index is 456. The van der Waals surface area contributed by atoms with Crippen LogP contribution in [0.4, 0.5) is 0 Å². The second kappa shape index (κ2) is 6.02. The standard InChI is InChI=1S/C14H21N3O2/c1-10-5-6-13(12(9-15)16-10)19-11(2)14(18)17-7-3-4-8-17/h5-6,11H,3-4,7-9,15H2,1-2H3. The number of aryl methyl sites for hydroxylation is 1. The maximum Gasteiger partial charge on any atom is 0.263 e. The van der Waals surface area contributed by atoms with E-state index < -0.39 is 6.10 Å². The molecular formula is C14H21N3O2. The van der Waals surface area contributed by atoms with Crippen LogP contribution >= 0.6 is 0 Å². The van der Waals surface area contributed by atoms with E-state index in [0.717, 1.165) is 31.6 Å². The van der Waals surface area contributed by atoms with Crippen LogP contribution in [0.3, 0.4) is 0 Å². The number of nitrogens with two attached hydrogens (primary N) is 1. The summed E-state index contributed by atoms with van der Waals surface area (Å²) in [6.45, 7) is 5.66. The minimum Gasteiger partial charge on any atom is -0.479 e. The van der Waals surface area contributed by atoms with E-state index in [-0.39, 0.29) is 5.91 Å². The Kier molecular flexibility index (Phi) is 4.37. The van der Waals surface area contributed by atoms with Crippen molar-refractivity contribution in [1.82, 2.24) is 9.88 Å². The van der Waals surface area contributed by atoms with Crippen LogP contribution in [0.1, 0.15) is 31.2 Å². The molecule has 2 heterocycles. The highest BCUT2D eigenvalue weighted by Crippen LogP contribution is 2.19. The SMILES string of the molecule is Cc1ccc(OC(C)C(=O)N2CCCC2)c(CN)n1. The van der Waals surface area contributed by atoms with Crippen molar-refractivity contribution in [3.63, 3.8) is 0 Å². The fourth-order valence-electron chi connectivity index (χ4n) is 2.29. The molecule has 5 heteroatoms. The Balaban J connectivity index is 2.05. The van der Waals surface area contributed by atoms with Crippen LogP contribution in [0.5, 0.6) is 5.75 Å². The molecule has 0 spiro atoms. The van der Waals surface area contributed by atoms with Crippen LogP contribution in [0.15, 0.2) is 12.1 Å². The highest BCUT2D eigenvalue weighted by Gasteiger charge is 2.25. The van der Waals surface area contributed by atoms with E-state index in [9.17, 15) is 4.79 Å². The molecule has 19 heavy (non-hydrogen) atoms. The molecule has 0 bridgehead atoms. The summed E-state index contributed by atoms with van der Waals surface area (Å²) in [5.74, 6) is 0.647. The molecule has 5 nitrogen and oxygen atoms in total. The number of rotatable bonds is 4. The van der Waals surface area contributed by atoms with Crippen LogP contribution in [0, 0.1) is 6.92 Å². The minimum absolute atomic E-state index is 0.0426. The van der Waals surface area contributed by atoms with Gasteiger partial charge < -0.3 is 15.4 Å². The van der Waals surface area contributed by atoms with Crippen LogP contribution in [-0.4, -0.2) is 35.0 Å². The molecule has 0 aliphatic carbocycles. The molecule has 2 N–H and O–H groups in total. The molecule has 1 unspecified atom stereocenters. The first-order valence-corrected chi connectivity index (χ1v) is 6.74. The summed E-state index contributed by atoms with van der Waals surface area (Å²) in [6, 6.07) is 3.69. The Labute approximate surface area is 113 Å². The van der Waals surface area contributed by atoms with Gasteiger partial charge in [-0.25, -0.2) is 0 Å². The fraction of sp³-hybridized carbons (Fsp3) is 0.571. The van der Waals surface area contributed by atoms with E-state index in [0.29, 0.717) is 18.0 Å². The first-order valence-electron chi connectivity index (χ1n) is 6.74. The van der Waals surface area contributed by atoms with E-state index in [4.69, 9.17) is 10.5 Å². The third-order valence-corrected chi connectivity index (χ3v) is 3.33. The Morgan fingerprint density at radius 2 is 2.16 bits per heavy atom. The zero-order valence-electron chi connectivity index (χ0n) is 11.6. The van der Waals surface area contributed by atoms with Gasteiger partial charge in [0.15, 0.2) is 6.10 Å². The summed E-state index contributed by atoms with van der Waals surface area (Å²) in [6.07, 6.45) is 1.67. The van der Waals surface area contributed by atoms with Crippen LogP contribution < -0.4 is 10.5 Å². The lowest BCUT2D eigenvalue weighted by molar-refractivity contribution is -0.136. The van der Waals surface area contributed by atoms with Crippen molar-refractivity contribution in [2.45, 2.75) is 39.3 Å². The first-order chi connectivity index (χ1) is 9.11. The third kappa shape index (κ3) is 3.23. The van der Waals surface area contributed by atoms with E-state index in [2.05, 4.69) is 4.98 Å². The molecule has 2 rings (SSSR count). The number of carbonyl (C=O) groups excluding carboxylic acids is 1. The second-order valence-electron chi connectivity index (χ2n) is 4.89. The zero-order valence-corrected chi connectivity index (χ0v) is 11.6. The van der Waals surface area contributed by atoms with Crippen molar-refractivity contribution < 1.29 is 9.53 Å². The number of carbonyl (C=O) groups is 1. The van der Waals surface area contributed by atoms with Crippen molar-refractivity contribution in [3.05, 3.63) is 23.5 Å². The lowest BCUT2D eigenvalue weighted by Gasteiger charge is -2.22. The zero-order chi connectivity index (χ0) is 13.8. The van der Waals surface area contributed by atoms with Gasteiger partial charge in [-0.3, -0.25) is 9.78 Å². The Morgan fingerprint density at radius 3 is 2.79 bits per heavy atom. The van der Waals surface area contributed by atoms with Crippen molar-refractivity contribution in [1.29, 1.82) is 0 Å². The van der Waals surface area contributed by atoms with Crippen molar-refractivity contribution in [2.24, 2.45) is 5.73 Å². The minimum atomic E-state index is -0.493. The number of hydrogen-bond donors (Lipinski definition) is 1. The van der Waals surface area contributed by atoms with Crippen LogP contribution in [-0.2, 0) is 11.3 Å². The van der Waals surface area contributed by atoms with Crippen molar-refractivity contribution in [3.8, 4) is 5.75 Å². The summed E-state index contributed by atoms with van der Waals surface area (Å²) in [4.78, 5) is 18.3. The summed E-state index contributed by atoms with van der Waals surface area (Å²) in [5, 5.41) is 0. The van der Waals surface area contributed by atoms with Gasteiger partial charge in [-0.15, -0.1) is 0 Å². The monoisotopic (exact) mass is 263 g/mol. The molecule has 1 aliphatic rings. The summed E-state index contributed by atoms with van der Waals surface area (Å²) in [5.41, 5.74) is 7.25.